The molecule has 0 radical (unpaired) electrons. The van der Waals surface area contributed by atoms with Gasteiger partial charge in [-0.1, -0.05) is 6.08 Å². The van der Waals surface area contributed by atoms with Gasteiger partial charge in [0.25, 0.3) is 5.91 Å². The number of rotatable bonds is 7. The summed E-state index contributed by atoms with van der Waals surface area (Å²) in [5.74, 6) is -2.01. The Morgan fingerprint density at radius 1 is 1.43 bits per heavy atom. The number of carboxylic acid groups (broad SMARTS) is 1. The fraction of sp³-hybridized carbons (Fsp3) is 0.167. The number of sulfonamides is 1. The average Bonchev–Trinajstić information content (AvgIpc) is 2.41. The van der Waals surface area contributed by atoms with Crippen molar-refractivity contribution < 1.29 is 27.9 Å². The second kappa shape index (κ2) is 6.86. The van der Waals surface area contributed by atoms with E-state index in [0.717, 1.165) is 18.2 Å². The molecular weight excluding hydrogens is 300 g/mol. The van der Waals surface area contributed by atoms with Crippen LogP contribution in [0.2, 0.25) is 0 Å². The molecule has 1 rings (SSSR count). The van der Waals surface area contributed by atoms with Crippen LogP contribution < -0.4 is 15.2 Å². The third kappa shape index (κ3) is 4.89. The van der Waals surface area contributed by atoms with Gasteiger partial charge in [-0.3, -0.25) is 4.79 Å². The predicted octanol–water partition coefficient (Wildman–Crippen LogP) is -0.287. The molecule has 0 aromatic heterocycles. The maximum Gasteiger partial charge on any atom is 0.339 e. The number of primary sulfonamides is 1. The van der Waals surface area contributed by atoms with Crippen LogP contribution >= 0.6 is 0 Å². The molecule has 4 N–H and O–H groups in total. The van der Waals surface area contributed by atoms with Crippen LogP contribution in [0.4, 0.5) is 0 Å². The van der Waals surface area contributed by atoms with E-state index >= 15 is 0 Å². The Balaban J connectivity index is 2.95. The molecule has 9 heteroatoms. The third-order valence-corrected chi connectivity index (χ3v) is 3.22. The zero-order valence-electron chi connectivity index (χ0n) is 10.9. The van der Waals surface area contributed by atoms with Crippen LogP contribution in [0, 0.1) is 0 Å². The lowest BCUT2D eigenvalue weighted by Gasteiger charge is -2.10. The van der Waals surface area contributed by atoms with E-state index in [1.165, 1.54) is 6.08 Å². The Labute approximate surface area is 121 Å². The van der Waals surface area contributed by atoms with Gasteiger partial charge in [-0.25, -0.2) is 18.4 Å². The number of carbonyl (C=O) groups is 2. The van der Waals surface area contributed by atoms with Crippen LogP contribution in [0.1, 0.15) is 10.4 Å². The second-order valence-corrected chi connectivity index (χ2v) is 5.45. The van der Waals surface area contributed by atoms with E-state index in [9.17, 15) is 18.0 Å². The van der Waals surface area contributed by atoms with E-state index in [1.807, 2.05) is 0 Å². The number of nitrogens with one attached hydrogen (secondary N) is 1. The minimum atomic E-state index is -4.03. The van der Waals surface area contributed by atoms with Crippen molar-refractivity contribution in [1.29, 1.82) is 0 Å². The van der Waals surface area contributed by atoms with Crippen molar-refractivity contribution in [3.05, 3.63) is 36.4 Å². The zero-order chi connectivity index (χ0) is 16.0. The molecule has 0 saturated heterocycles. The zero-order valence-corrected chi connectivity index (χ0v) is 11.7. The summed E-state index contributed by atoms with van der Waals surface area (Å²) in [6.07, 6.45) is 1.47. The van der Waals surface area contributed by atoms with Crippen molar-refractivity contribution in [2.45, 2.75) is 4.90 Å². The highest BCUT2D eigenvalue weighted by Crippen LogP contribution is 2.22. The molecule has 8 nitrogen and oxygen atoms in total. The molecule has 0 heterocycles. The van der Waals surface area contributed by atoms with Gasteiger partial charge in [0.05, 0.1) is 4.90 Å². The van der Waals surface area contributed by atoms with Gasteiger partial charge in [0.15, 0.2) is 6.61 Å². The summed E-state index contributed by atoms with van der Waals surface area (Å²) in [7, 11) is -4.03. The first-order chi connectivity index (χ1) is 9.75. The van der Waals surface area contributed by atoms with Gasteiger partial charge in [-0.2, -0.15) is 0 Å². The number of benzene rings is 1. The molecule has 0 aliphatic rings. The molecule has 0 aliphatic carbocycles. The highest BCUT2D eigenvalue weighted by molar-refractivity contribution is 7.89. The first-order valence-electron chi connectivity index (χ1n) is 5.66. The molecule has 21 heavy (non-hydrogen) atoms. The van der Waals surface area contributed by atoms with Gasteiger partial charge < -0.3 is 15.2 Å². The number of carboxylic acids is 1. The number of carbonyl (C=O) groups excluding carboxylic acids is 1. The van der Waals surface area contributed by atoms with Crippen LogP contribution in [0.25, 0.3) is 0 Å². The molecular formula is C12H14N2O6S. The second-order valence-electron chi connectivity index (χ2n) is 3.89. The molecule has 114 valence electrons. The normalized spacial score (nSPS) is 10.7. The SMILES string of the molecule is C=CCNC(=O)COc1ccc(S(N)(=O)=O)cc1C(=O)O. The molecule has 1 aromatic carbocycles. The Morgan fingerprint density at radius 2 is 2.10 bits per heavy atom. The van der Waals surface area contributed by atoms with Crippen molar-refractivity contribution >= 4 is 21.9 Å². The molecule has 0 fully saturated rings. The maximum absolute atomic E-state index is 11.3. The van der Waals surface area contributed by atoms with Crippen LogP contribution in [0.15, 0.2) is 35.7 Å². The van der Waals surface area contributed by atoms with Crippen LogP contribution in [0.3, 0.4) is 0 Å². The Morgan fingerprint density at radius 3 is 2.62 bits per heavy atom. The van der Waals surface area contributed by atoms with Crippen molar-refractivity contribution in [1.82, 2.24) is 5.32 Å². The summed E-state index contributed by atoms with van der Waals surface area (Å²) in [4.78, 5) is 22.1. The van der Waals surface area contributed by atoms with Crippen molar-refractivity contribution in [2.75, 3.05) is 13.2 Å². The summed E-state index contributed by atoms with van der Waals surface area (Å²) >= 11 is 0. The largest absolute Gasteiger partial charge is 0.483 e. The maximum atomic E-state index is 11.3. The molecule has 1 aromatic rings. The number of nitrogens with two attached hydrogens (primary N) is 1. The lowest BCUT2D eigenvalue weighted by molar-refractivity contribution is -0.122. The first kappa shape index (κ1) is 16.7. The molecule has 0 unspecified atom stereocenters. The topological polar surface area (TPSA) is 136 Å². The summed E-state index contributed by atoms with van der Waals surface area (Å²) in [6.45, 7) is 3.25. The van der Waals surface area contributed by atoms with Crippen molar-refractivity contribution in [2.24, 2.45) is 5.14 Å². The number of aromatic carboxylic acids is 1. The van der Waals surface area contributed by atoms with E-state index in [0.29, 0.717) is 0 Å². The summed E-state index contributed by atoms with van der Waals surface area (Å²) in [5.41, 5.74) is -0.405. The molecule has 0 spiro atoms. The van der Waals surface area contributed by atoms with E-state index in [4.69, 9.17) is 15.0 Å². The highest BCUT2D eigenvalue weighted by Gasteiger charge is 2.17. The summed E-state index contributed by atoms with van der Waals surface area (Å²) in [6, 6.07) is 3.09. The van der Waals surface area contributed by atoms with E-state index in [1.54, 1.807) is 0 Å². The fourth-order valence-electron chi connectivity index (χ4n) is 1.36. The van der Waals surface area contributed by atoms with Crippen LogP contribution in [-0.4, -0.2) is 38.6 Å². The molecule has 0 saturated carbocycles. The van der Waals surface area contributed by atoms with Crippen LogP contribution in [0.5, 0.6) is 5.75 Å². The number of hydrogen-bond acceptors (Lipinski definition) is 5. The van der Waals surface area contributed by atoms with Gasteiger partial charge in [0.1, 0.15) is 11.3 Å². The summed E-state index contributed by atoms with van der Waals surface area (Å²) < 4.78 is 27.4. The molecule has 0 bridgehead atoms. The van der Waals surface area contributed by atoms with E-state index < -0.39 is 34.1 Å². The minimum Gasteiger partial charge on any atom is -0.483 e. The summed E-state index contributed by atoms with van der Waals surface area (Å²) in [5, 5.41) is 16.4. The molecule has 0 atom stereocenters. The number of hydrogen-bond donors (Lipinski definition) is 3. The fourth-order valence-corrected chi connectivity index (χ4v) is 1.90. The van der Waals surface area contributed by atoms with Gasteiger partial charge in [-0.15, -0.1) is 6.58 Å². The predicted molar refractivity (Wildman–Crippen MR) is 73.5 cm³/mol. The van der Waals surface area contributed by atoms with Gasteiger partial charge in [0, 0.05) is 6.54 Å². The number of ether oxygens (including phenoxy) is 1. The number of amides is 1. The van der Waals surface area contributed by atoms with E-state index in [2.05, 4.69) is 11.9 Å². The quantitative estimate of drug-likeness (QED) is 0.592. The molecule has 1 amide bonds. The van der Waals surface area contributed by atoms with Crippen molar-refractivity contribution in [3.8, 4) is 5.75 Å². The Bertz CT molecular complexity index is 668. The Kier molecular flexibility index (Phi) is 5.44. The Hall–Kier alpha value is -2.39. The molecule has 0 aliphatic heterocycles. The van der Waals surface area contributed by atoms with E-state index in [-0.39, 0.29) is 17.2 Å². The van der Waals surface area contributed by atoms with Crippen molar-refractivity contribution in [3.63, 3.8) is 0 Å². The minimum absolute atomic E-state index is 0.136. The lowest BCUT2D eigenvalue weighted by atomic mass is 10.2. The van der Waals surface area contributed by atoms with Gasteiger partial charge in [0.2, 0.25) is 10.0 Å². The van der Waals surface area contributed by atoms with Gasteiger partial charge in [-0.05, 0) is 18.2 Å². The first-order valence-corrected chi connectivity index (χ1v) is 7.21. The van der Waals surface area contributed by atoms with Crippen LogP contribution in [-0.2, 0) is 14.8 Å². The third-order valence-electron chi connectivity index (χ3n) is 2.31. The smallest absolute Gasteiger partial charge is 0.339 e. The monoisotopic (exact) mass is 314 g/mol. The highest BCUT2D eigenvalue weighted by atomic mass is 32.2. The standard InChI is InChI=1S/C12H14N2O6S/c1-2-5-14-11(15)7-20-10-4-3-8(21(13,18)19)6-9(10)12(16)17/h2-4,6H,1,5,7H2,(H,14,15)(H,16,17)(H2,13,18,19). The lowest BCUT2D eigenvalue weighted by Crippen LogP contribution is -2.29. The average molecular weight is 314 g/mol. The van der Waals surface area contributed by atoms with Gasteiger partial charge >= 0.3 is 5.97 Å².